The first-order valence-electron chi connectivity index (χ1n) is 12.7. The van der Waals surface area contributed by atoms with Crippen LogP contribution in [0.15, 0.2) is 54.3 Å². The van der Waals surface area contributed by atoms with E-state index in [0.717, 1.165) is 55.4 Å². The molecule has 0 spiro atoms. The number of ketones is 1. The molecule has 1 N–H and O–H groups in total. The Morgan fingerprint density at radius 3 is 2.34 bits per heavy atom. The van der Waals surface area contributed by atoms with Crippen molar-refractivity contribution in [2.75, 3.05) is 6.61 Å². The van der Waals surface area contributed by atoms with E-state index in [-0.39, 0.29) is 12.4 Å². The number of nitrogens with zero attached hydrogens (tertiary/aromatic N) is 1. The molecule has 7 nitrogen and oxygen atoms in total. The van der Waals surface area contributed by atoms with Gasteiger partial charge in [0, 0.05) is 6.61 Å². The molecular formula is C28H37NO6. The number of ether oxygens (including phenoxy) is 2. The second-order valence-electron chi connectivity index (χ2n) is 9.32. The topological polar surface area (TPSA) is 93.1 Å². The summed E-state index contributed by atoms with van der Waals surface area (Å²) in [6.07, 6.45) is 11.2. The monoisotopic (exact) mass is 483 g/mol. The van der Waals surface area contributed by atoms with E-state index >= 15 is 0 Å². The van der Waals surface area contributed by atoms with Crippen molar-refractivity contribution in [2.24, 2.45) is 5.92 Å². The molecule has 0 radical (unpaired) electrons. The second-order valence-corrected chi connectivity index (χ2v) is 9.32. The van der Waals surface area contributed by atoms with Gasteiger partial charge >= 0.3 is 6.09 Å². The number of unbranched alkanes of at least 4 members (excludes halogenated alkanes) is 7. The quantitative estimate of drug-likeness (QED) is 0.408. The fourth-order valence-electron chi connectivity index (χ4n) is 4.55. The van der Waals surface area contributed by atoms with E-state index in [1.165, 1.54) is 12.5 Å². The van der Waals surface area contributed by atoms with Gasteiger partial charge in [-0.25, -0.2) is 9.69 Å². The van der Waals surface area contributed by atoms with Crippen molar-refractivity contribution in [1.29, 1.82) is 0 Å². The third-order valence-corrected chi connectivity index (χ3v) is 6.64. The van der Waals surface area contributed by atoms with Crippen molar-refractivity contribution in [3.8, 4) is 0 Å². The molecule has 2 aliphatic heterocycles. The van der Waals surface area contributed by atoms with Gasteiger partial charge in [0.1, 0.15) is 11.9 Å². The van der Waals surface area contributed by atoms with Crippen molar-refractivity contribution in [1.82, 2.24) is 4.90 Å². The summed E-state index contributed by atoms with van der Waals surface area (Å²) in [7, 11) is 0. The number of hydrogen-bond donors (Lipinski definition) is 1. The van der Waals surface area contributed by atoms with Crippen LogP contribution in [-0.4, -0.2) is 46.5 Å². The van der Waals surface area contributed by atoms with Gasteiger partial charge < -0.3 is 14.6 Å². The fourth-order valence-corrected chi connectivity index (χ4v) is 4.55. The lowest BCUT2D eigenvalue weighted by Gasteiger charge is -2.28. The number of aliphatic hydroxyl groups excluding tert-OH is 1. The number of hydrogen-bond acceptors (Lipinski definition) is 6. The molecule has 190 valence electrons. The minimum absolute atomic E-state index is 0.268. The minimum Gasteiger partial charge on any atom is -0.482 e. The molecule has 2 aliphatic rings. The maximum Gasteiger partial charge on any atom is 0.417 e. The first-order valence-corrected chi connectivity index (χ1v) is 12.7. The molecule has 0 saturated carbocycles. The highest BCUT2D eigenvalue weighted by molar-refractivity contribution is 6.01. The van der Waals surface area contributed by atoms with Crippen LogP contribution in [0.25, 0.3) is 0 Å². The Labute approximate surface area is 207 Å². The predicted octanol–water partition coefficient (Wildman–Crippen LogP) is 5.25. The van der Waals surface area contributed by atoms with Gasteiger partial charge in [-0.05, 0) is 56.9 Å². The highest BCUT2D eigenvalue weighted by Crippen LogP contribution is 2.34. The van der Waals surface area contributed by atoms with Crippen LogP contribution in [-0.2, 0) is 19.1 Å². The van der Waals surface area contributed by atoms with Crippen LogP contribution in [0, 0.1) is 5.92 Å². The van der Waals surface area contributed by atoms with Crippen molar-refractivity contribution >= 4 is 17.8 Å². The second kappa shape index (κ2) is 13.2. The van der Waals surface area contributed by atoms with Gasteiger partial charge in [-0.3, -0.25) is 9.59 Å². The van der Waals surface area contributed by atoms with Gasteiger partial charge in [0.05, 0.1) is 12.0 Å². The number of benzene rings is 1. The minimum atomic E-state index is -0.971. The fraction of sp³-hybridized carbons (Fsp3) is 0.536. The molecule has 1 aromatic rings. The van der Waals surface area contributed by atoms with Crippen LogP contribution in [0.2, 0.25) is 0 Å². The van der Waals surface area contributed by atoms with E-state index < -0.39 is 36.2 Å². The van der Waals surface area contributed by atoms with E-state index in [4.69, 9.17) is 14.6 Å². The lowest BCUT2D eigenvalue weighted by molar-refractivity contribution is -0.142. The van der Waals surface area contributed by atoms with Crippen LogP contribution in [0.4, 0.5) is 4.79 Å². The Morgan fingerprint density at radius 1 is 1.00 bits per heavy atom. The van der Waals surface area contributed by atoms with E-state index in [1.807, 2.05) is 36.4 Å². The summed E-state index contributed by atoms with van der Waals surface area (Å²) in [4.78, 5) is 39.5. The van der Waals surface area contributed by atoms with E-state index in [1.54, 1.807) is 19.9 Å². The molecule has 1 saturated heterocycles. The lowest BCUT2D eigenvalue weighted by atomic mass is 9.95. The maximum atomic E-state index is 13.3. The molecule has 0 bridgehead atoms. The first-order chi connectivity index (χ1) is 16.9. The predicted molar refractivity (Wildman–Crippen MR) is 132 cm³/mol. The number of carbonyl (C=O) groups excluding carboxylic acids is 3. The number of amides is 2. The molecule has 3 rings (SSSR count). The molecule has 2 amide bonds. The summed E-state index contributed by atoms with van der Waals surface area (Å²) in [6, 6.07) is 8.82. The van der Waals surface area contributed by atoms with Gasteiger partial charge in [0.2, 0.25) is 5.91 Å². The summed E-state index contributed by atoms with van der Waals surface area (Å²) in [5.74, 6) is -1.02. The zero-order valence-electron chi connectivity index (χ0n) is 20.7. The van der Waals surface area contributed by atoms with Crippen LogP contribution in [0.5, 0.6) is 0 Å². The number of rotatable bonds is 12. The maximum absolute atomic E-state index is 13.3. The zero-order valence-corrected chi connectivity index (χ0v) is 20.7. The van der Waals surface area contributed by atoms with Gasteiger partial charge in [-0.15, -0.1) is 0 Å². The van der Waals surface area contributed by atoms with Crippen LogP contribution >= 0.6 is 0 Å². The van der Waals surface area contributed by atoms with Gasteiger partial charge in [-0.2, -0.15) is 0 Å². The summed E-state index contributed by atoms with van der Waals surface area (Å²) in [5.41, 5.74) is 0.819. The Morgan fingerprint density at radius 2 is 1.66 bits per heavy atom. The SMILES string of the molecule is CC(C(=O)N1C(=O)OC(c2ccccc2)C1C)C1OC(=CCCCCCCCCCO)C=CC1=O. The van der Waals surface area contributed by atoms with Gasteiger partial charge in [-0.1, -0.05) is 62.4 Å². The van der Waals surface area contributed by atoms with Crippen LogP contribution < -0.4 is 0 Å². The third kappa shape index (κ3) is 7.04. The van der Waals surface area contributed by atoms with Crippen LogP contribution in [0.1, 0.15) is 76.9 Å². The molecule has 0 aliphatic carbocycles. The standard InChI is InChI=1S/C28H37NO6/c1-20(27(32)29-21(2)26(35-28(29)33)22-14-10-9-11-15-22)25-24(31)18-17-23(34-25)16-12-7-5-3-4-6-8-13-19-30/h9-11,14-18,20-21,25-26,30H,3-8,12-13,19H2,1-2H3. The first kappa shape index (κ1) is 26.7. The molecule has 4 unspecified atom stereocenters. The van der Waals surface area contributed by atoms with Gasteiger partial charge in [0.25, 0.3) is 0 Å². The third-order valence-electron chi connectivity index (χ3n) is 6.64. The van der Waals surface area contributed by atoms with E-state index in [0.29, 0.717) is 5.76 Å². The molecule has 4 atom stereocenters. The number of cyclic esters (lactones) is 1. The van der Waals surface area contributed by atoms with E-state index in [2.05, 4.69) is 0 Å². The number of imide groups is 1. The largest absolute Gasteiger partial charge is 0.482 e. The summed E-state index contributed by atoms with van der Waals surface area (Å²) < 4.78 is 11.4. The van der Waals surface area contributed by atoms with Crippen molar-refractivity contribution in [2.45, 2.75) is 83.5 Å². The molecule has 35 heavy (non-hydrogen) atoms. The zero-order chi connectivity index (χ0) is 25.2. The Hall–Kier alpha value is -2.93. The molecular weight excluding hydrogens is 446 g/mol. The number of aliphatic hydroxyl groups is 1. The normalized spacial score (nSPS) is 23.9. The Bertz CT molecular complexity index is 925. The average molecular weight is 484 g/mol. The molecule has 7 heteroatoms. The summed E-state index contributed by atoms with van der Waals surface area (Å²) in [6.45, 7) is 3.66. The van der Waals surface area contributed by atoms with Gasteiger partial charge in [0.15, 0.2) is 11.9 Å². The highest BCUT2D eigenvalue weighted by atomic mass is 16.6. The molecule has 0 aromatic heterocycles. The summed E-state index contributed by atoms with van der Waals surface area (Å²) in [5, 5.41) is 8.81. The molecule has 2 heterocycles. The highest BCUT2D eigenvalue weighted by Gasteiger charge is 2.47. The summed E-state index contributed by atoms with van der Waals surface area (Å²) >= 11 is 0. The number of allylic oxidation sites excluding steroid dienone is 2. The average Bonchev–Trinajstić information content (AvgIpc) is 3.17. The lowest BCUT2D eigenvalue weighted by Crippen LogP contribution is -2.47. The molecule has 1 aromatic carbocycles. The smallest absolute Gasteiger partial charge is 0.417 e. The Kier molecular flexibility index (Phi) is 10.1. The van der Waals surface area contributed by atoms with E-state index in [9.17, 15) is 14.4 Å². The Balaban J connectivity index is 1.53. The van der Waals surface area contributed by atoms with Crippen molar-refractivity contribution in [3.63, 3.8) is 0 Å². The molecule has 1 fully saturated rings. The van der Waals surface area contributed by atoms with Crippen molar-refractivity contribution < 1.29 is 29.0 Å². The van der Waals surface area contributed by atoms with Crippen molar-refractivity contribution in [3.05, 3.63) is 59.9 Å². The number of carbonyl (C=O) groups is 3. The van der Waals surface area contributed by atoms with Crippen LogP contribution in [0.3, 0.4) is 0 Å².